The summed E-state index contributed by atoms with van der Waals surface area (Å²) in [5.41, 5.74) is 1.86. The number of carboxylic acids is 1. The number of hydrogen-bond acceptors (Lipinski definition) is 2. The molecule has 0 spiro atoms. The van der Waals surface area contributed by atoms with Crippen molar-refractivity contribution in [3.05, 3.63) is 29.8 Å². The highest BCUT2D eigenvalue weighted by atomic mass is 16.4. The Balaban J connectivity index is 2.72. The third-order valence-electron chi connectivity index (χ3n) is 3.45. The van der Waals surface area contributed by atoms with E-state index in [1.54, 1.807) is 4.90 Å². The topological polar surface area (TPSA) is 69.6 Å². The molecule has 1 rings (SSSR count). The van der Waals surface area contributed by atoms with E-state index < -0.39 is 11.9 Å². The first-order valence-corrected chi connectivity index (χ1v) is 7.35. The second kappa shape index (κ2) is 8.29. The number of aryl methyl sites for hydroxylation is 1. The fourth-order valence-corrected chi connectivity index (χ4v) is 2.26. The van der Waals surface area contributed by atoms with E-state index in [1.165, 1.54) is 0 Å². The van der Waals surface area contributed by atoms with Crippen LogP contribution in [-0.2, 0) is 4.79 Å². The zero-order chi connectivity index (χ0) is 15.8. The maximum Gasteiger partial charge on any atom is 0.321 e. The van der Waals surface area contributed by atoms with Gasteiger partial charge in [0.1, 0.15) is 0 Å². The minimum Gasteiger partial charge on any atom is -0.481 e. The van der Waals surface area contributed by atoms with Crippen LogP contribution >= 0.6 is 0 Å². The molecule has 0 heterocycles. The normalized spacial score (nSPS) is 11.8. The Morgan fingerprint density at radius 3 is 2.48 bits per heavy atom. The number of carboxylic acid groups (broad SMARTS) is 1. The molecule has 5 nitrogen and oxygen atoms in total. The molecule has 0 aliphatic carbocycles. The van der Waals surface area contributed by atoms with Crippen LogP contribution in [0.1, 0.15) is 32.3 Å². The number of nitrogens with zero attached hydrogens (tertiary/aromatic N) is 1. The van der Waals surface area contributed by atoms with Crippen molar-refractivity contribution < 1.29 is 14.7 Å². The van der Waals surface area contributed by atoms with Crippen LogP contribution in [0.3, 0.4) is 0 Å². The second-order valence-corrected chi connectivity index (χ2v) is 5.04. The smallest absolute Gasteiger partial charge is 0.321 e. The van der Waals surface area contributed by atoms with Gasteiger partial charge in [0.05, 0.1) is 5.92 Å². The molecule has 0 aromatic heterocycles. The van der Waals surface area contributed by atoms with Crippen LogP contribution in [-0.4, -0.2) is 30.2 Å². The summed E-state index contributed by atoms with van der Waals surface area (Å²) < 4.78 is 0. The Morgan fingerprint density at radius 2 is 1.95 bits per heavy atom. The number of carbonyl (C=O) groups is 2. The molecule has 0 bridgehead atoms. The lowest BCUT2D eigenvalue weighted by Crippen LogP contribution is -2.43. The number of anilines is 1. The van der Waals surface area contributed by atoms with Crippen molar-refractivity contribution in [3.63, 3.8) is 0 Å². The SMILES string of the molecule is CCCC(CNC(=O)N(CC)c1ccccc1C)C(=O)O. The standard InChI is InChI=1S/C16H24N2O3/c1-4-8-13(15(19)20)11-17-16(21)18(5-2)14-10-7-6-9-12(14)3/h6-7,9-10,13H,4-5,8,11H2,1-3H3,(H,17,21)(H,19,20). The highest BCUT2D eigenvalue weighted by molar-refractivity contribution is 5.92. The number of rotatable bonds is 7. The molecule has 1 aromatic rings. The van der Waals surface area contributed by atoms with Crippen LogP contribution in [0.4, 0.5) is 10.5 Å². The monoisotopic (exact) mass is 292 g/mol. The summed E-state index contributed by atoms with van der Waals surface area (Å²) in [5.74, 6) is -1.40. The molecule has 0 saturated heterocycles. The summed E-state index contributed by atoms with van der Waals surface area (Å²) >= 11 is 0. The number of amides is 2. The van der Waals surface area contributed by atoms with Crippen molar-refractivity contribution >= 4 is 17.7 Å². The molecule has 21 heavy (non-hydrogen) atoms. The predicted octanol–water partition coefficient (Wildman–Crippen LogP) is 3.03. The molecular formula is C16H24N2O3. The number of benzene rings is 1. The molecular weight excluding hydrogens is 268 g/mol. The fourth-order valence-electron chi connectivity index (χ4n) is 2.26. The largest absolute Gasteiger partial charge is 0.481 e. The van der Waals surface area contributed by atoms with Gasteiger partial charge in [0.25, 0.3) is 0 Å². The fraction of sp³-hybridized carbons (Fsp3) is 0.500. The van der Waals surface area contributed by atoms with Crippen molar-refractivity contribution in [3.8, 4) is 0 Å². The number of nitrogens with one attached hydrogen (secondary N) is 1. The van der Waals surface area contributed by atoms with Gasteiger partial charge in [0.15, 0.2) is 0 Å². The molecule has 0 fully saturated rings. The molecule has 2 amide bonds. The lowest BCUT2D eigenvalue weighted by molar-refractivity contribution is -0.141. The summed E-state index contributed by atoms with van der Waals surface area (Å²) in [7, 11) is 0. The summed E-state index contributed by atoms with van der Waals surface area (Å²) in [6, 6.07) is 7.39. The van der Waals surface area contributed by atoms with E-state index in [9.17, 15) is 9.59 Å². The molecule has 0 aliphatic heterocycles. The van der Waals surface area contributed by atoms with Gasteiger partial charge in [0, 0.05) is 18.8 Å². The first-order valence-electron chi connectivity index (χ1n) is 7.35. The van der Waals surface area contributed by atoms with Crippen molar-refractivity contribution in [1.82, 2.24) is 5.32 Å². The first-order chi connectivity index (χ1) is 10.0. The first kappa shape index (κ1) is 17.0. The molecule has 2 N–H and O–H groups in total. The van der Waals surface area contributed by atoms with E-state index in [-0.39, 0.29) is 12.6 Å². The maximum absolute atomic E-state index is 12.3. The van der Waals surface area contributed by atoms with E-state index in [0.29, 0.717) is 13.0 Å². The average molecular weight is 292 g/mol. The molecule has 1 aromatic carbocycles. The lowest BCUT2D eigenvalue weighted by Gasteiger charge is -2.24. The Kier molecular flexibility index (Phi) is 6.72. The minimum absolute atomic E-state index is 0.157. The van der Waals surface area contributed by atoms with E-state index in [0.717, 1.165) is 17.7 Å². The van der Waals surface area contributed by atoms with Crippen molar-refractivity contribution in [2.24, 2.45) is 5.92 Å². The van der Waals surface area contributed by atoms with Crippen LogP contribution in [0, 0.1) is 12.8 Å². The third kappa shape index (κ3) is 4.77. The van der Waals surface area contributed by atoms with Crippen molar-refractivity contribution in [2.75, 3.05) is 18.0 Å². The molecule has 1 atom stereocenters. The van der Waals surface area contributed by atoms with Gasteiger partial charge in [-0.25, -0.2) is 4.79 Å². The van der Waals surface area contributed by atoms with E-state index >= 15 is 0 Å². The number of aliphatic carboxylic acids is 1. The third-order valence-corrected chi connectivity index (χ3v) is 3.45. The van der Waals surface area contributed by atoms with Crippen LogP contribution in [0.5, 0.6) is 0 Å². The van der Waals surface area contributed by atoms with Crippen molar-refractivity contribution in [1.29, 1.82) is 0 Å². The summed E-state index contributed by atoms with van der Waals surface area (Å²) in [5, 5.41) is 11.8. The molecule has 5 heteroatoms. The zero-order valence-electron chi connectivity index (χ0n) is 12.9. The zero-order valence-corrected chi connectivity index (χ0v) is 12.9. The van der Waals surface area contributed by atoms with E-state index in [2.05, 4.69) is 5.32 Å². The summed E-state index contributed by atoms with van der Waals surface area (Å²) in [6.45, 7) is 6.46. The second-order valence-electron chi connectivity index (χ2n) is 5.04. The van der Waals surface area contributed by atoms with Gasteiger partial charge in [0.2, 0.25) is 0 Å². The van der Waals surface area contributed by atoms with Crippen LogP contribution in [0.2, 0.25) is 0 Å². The number of urea groups is 1. The molecule has 1 unspecified atom stereocenters. The minimum atomic E-state index is -0.865. The summed E-state index contributed by atoms with van der Waals surface area (Å²) in [4.78, 5) is 25.0. The molecule has 116 valence electrons. The Hall–Kier alpha value is -2.04. The lowest BCUT2D eigenvalue weighted by atomic mass is 10.0. The molecule has 0 radical (unpaired) electrons. The number of hydrogen-bond donors (Lipinski definition) is 2. The van der Waals surface area contributed by atoms with Gasteiger partial charge >= 0.3 is 12.0 Å². The van der Waals surface area contributed by atoms with Gasteiger partial charge in [-0.3, -0.25) is 9.69 Å². The van der Waals surface area contributed by atoms with Gasteiger partial charge < -0.3 is 10.4 Å². The predicted molar refractivity (Wildman–Crippen MR) is 83.6 cm³/mol. The van der Waals surface area contributed by atoms with E-state index in [4.69, 9.17) is 5.11 Å². The van der Waals surface area contributed by atoms with Gasteiger partial charge in [-0.2, -0.15) is 0 Å². The number of carbonyl (C=O) groups excluding carboxylic acids is 1. The van der Waals surface area contributed by atoms with Gasteiger partial charge in [-0.05, 0) is 31.9 Å². The number of para-hydroxylation sites is 1. The van der Waals surface area contributed by atoms with E-state index in [1.807, 2.05) is 45.0 Å². The Bertz CT molecular complexity index is 488. The highest BCUT2D eigenvalue weighted by Crippen LogP contribution is 2.19. The Morgan fingerprint density at radius 1 is 1.29 bits per heavy atom. The molecule has 0 saturated carbocycles. The highest BCUT2D eigenvalue weighted by Gasteiger charge is 2.20. The van der Waals surface area contributed by atoms with Crippen LogP contribution in [0.25, 0.3) is 0 Å². The Labute approximate surface area is 126 Å². The van der Waals surface area contributed by atoms with Crippen LogP contribution in [0.15, 0.2) is 24.3 Å². The van der Waals surface area contributed by atoms with Gasteiger partial charge in [-0.15, -0.1) is 0 Å². The van der Waals surface area contributed by atoms with Crippen LogP contribution < -0.4 is 10.2 Å². The van der Waals surface area contributed by atoms with Crippen molar-refractivity contribution in [2.45, 2.75) is 33.6 Å². The van der Waals surface area contributed by atoms with Gasteiger partial charge in [-0.1, -0.05) is 31.5 Å². The molecule has 0 aliphatic rings. The quantitative estimate of drug-likeness (QED) is 0.811. The maximum atomic E-state index is 12.3. The average Bonchev–Trinajstić information content (AvgIpc) is 2.45. The summed E-state index contributed by atoms with van der Waals surface area (Å²) in [6.07, 6.45) is 1.34.